The second-order valence-corrected chi connectivity index (χ2v) is 5.53. The van der Waals surface area contributed by atoms with Gasteiger partial charge in [0.25, 0.3) is 5.91 Å². The van der Waals surface area contributed by atoms with Gasteiger partial charge in [0.05, 0.1) is 0 Å². The monoisotopic (exact) mass is 310 g/mol. The molecule has 2 heterocycles. The van der Waals surface area contributed by atoms with Crippen molar-refractivity contribution in [2.24, 2.45) is 0 Å². The number of nitrogens with one attached hydrogen (secondary N) is 1. The lowest BCUT2D eigenvalue weighted by atomic mass is 10.1. The number of anilines is 2. The number of rotatable bonds is 4. The van der Waals surface area contributed by atoms with Crippen molar-refractivity contribution in [2.75, 3.05) is 23.3 Å². The van der Waals surface area contributed by atoms with Gasteiger partial charge < -0.3 is 10.2 Å². The van der Waals surface area contributed by atoms with E-state index in [1.54, 1.807) is 36.5 Å². The highest BCUT2D eigenvalue weighted by molar-refractivity contribution is 6.04. The summed E-state index contributed by atoms with van der Waals surface area (Å²) < 4.78 is 0. The molecule has 1 aromatic heterocycles. The van der Waals surface area contributed by atoms with Crippen molar-refractivity contribution in [3.63, 3.8) is 0 Å². The predicted molar refractivity (Wildman–Crippen MR) is 87.9 cm³/mol. The van der Waals surface area contributed by atoms with Crippen LogP contribution in [0.15, 0.2) is 36.5 Å². The number of hydrogen-bond acceptors (Lipinski definition) is 5. The van der Waals surface area contributed by atoms with Gasteiger partial charge >= 0.3 is 0 Å². The van der Waals surface area contributed by atoms with E-state index in [1.807, 2.05) is 0 Å². The summed E-state index contributed by atoms with van der Waals surface area (Å²) >= 11 is 0. The number of ketones is 1. The van der Waals surface area contributed by atoms with Gasteiger partial charge in [-0.05, 0) is 38.0 Å². The quantitative estimate of drug-likeness (QED) is 0.878. The van der Waals surface area contributed by atoms with Crippen LogP contribution in [0.25, 0.3) is 0 Å². The maximum Gasteiger partial charge on any atom is 0.274 e. The van der Waals surface area contributed by atoms with E-state index in [-0.39, 0.29) is 11.7 Å². The molecule has 0 saturated carbocycles. The Balaban J connectivity index is 1.76. The van der Waals surface area contributed by atoms with Crippen LogP contribution in [0.2, 0.25) is 0 Å². The molecule has 1 amide bonds. The van der Waals surface area contributed by atoms with E-state index in [9.17, 15) is 9.59 Å². The van der Waals surface area contributed by atoms with E-state index in [4.69, 9.17) is 0 Å². The fraction of sp³-hybridized carbons (Fsp3) is 0.294. The normalized spacial score (nSPS) is 13.9. The van der Waals surface area contributed by atoms with Crippen LogP contribution in [0.5, 0.6) is 0 Å². The first-order chi connectivity index (χ1) is 11.1. The number of benzene rings is 1. The molecular formula is C17H18N4O2. The van der Waals surface area contributed by atoms with E-state index in [0.717, 1.165) is 25.9 Å². The zero-order valence-electron chi connectivity index (χ0n) is 13.0. The van der Waals surface area contributed by atoms with Crippen LogP contribution in [0, 0.1) is 0 Å². The zero-order valence-corrected chi connectivity index (χ0v) is 13.0. The Morgan fingerprint density at radius 3 is 2.70 bits per heavy atom. The molecule has 1 aliphatic rings. The summed E-state index contributed by atoms with van der Waals surface area (Å²) in [6.45, 7) is 3.34. The van der Waals surface area contributed by atoms with Gasteiger partial charge in [-0.2, -0.15) is 0 Å². The van der Waals surface area contributed by atoms with Crippen LogP contribution in [0.3, 0.4) is 0 Å². The Kier molecular flexibility index (Phi) is 4.32. The van der Waals surface area contributed by atoms with Crippen molar-refractivity contribution >= 4 is 23.3 Å². The molecule has 1 aliphatic heterocycles. The first-order valence-electron chi connectivity index (χ1n) is 7.64. The average molecular weight is 310 g/mol. The molecule has 0 radical (unpaired) electrons. The summed E-state index contributed by atoms with van der Waals surface area (Å²) in [5.41, 5.74) is 1.45. The summed E-state index contributed by atoms with van der Waals surface area (Å²) in [6.07, 6.45) is 3.84. The van der Waals surface area contributed by atoms with E-state index in [1.165, 1.54) is 6.92 Å². The third-order valence-corrected chi connectivity index (χ3v) is 3.79. The van der Waals surface area contributed by atoms with Crippen LogP contribution < -0.4 is 10.2 Å². The maximum atomic E-state index is 12.4. The highest BCUT2D eigenvalue weighted by atomic mass is 16.2. The lowest BCUT2D eigenvalue weighted by molar-refractivity contribution is 0.100. The Labute approximate surface area is 134 Å². The van der Waals surface area contributed by atoms with Gasteiger partial charge in [0.2, 0.25) is 5.95 Å². The molecule has 0 atom stereocenters. The lowest BCUT2D eigenvalue weighted by Crippen LogP contribution is -2.22. The van der Waals surface area contributed by atoms with Crippen molar-refractivity contribution < 1.29 is 9.59 Å². The third kappa shape index (κ3) is 3.53. The molecule has 1 saturated heterocycles. The number of hydrogen-bond donors (Lipinski definition) is 1. The van der Waals surface area contributed by atoms with Gasteiger partial charge in [0.1, 0.15) is 5.69 Å². The zero-order chi connectivity index (χ0) is 16.2. The summed E-state index contributed by atoms with van der Waals surface area (Å²) in [6, 6.07) is 8.44. The lowest BCUT2D eigenvalue weighted by Gasteiger charge is -2.15. The van der Waals surface area contributed by atoms with Crippen molar-refractivity contribution in [1.82, 2.24) is 9.97 Å². The first kappa shape index (κ1) is 15.1. The van der Waals surface area contributed by atoms with Crippen molar-refractivity contribution in [3.8, 4) is 0 Å². The Morgan fingerprint density at radius 2 is 1.96 bits per heavy atom. The second-order valence-electron chi connectivity index (χ2n) is 5.53. The topological polar surface area (TPSA) is 75.2 Å². The molecule has 1 N–H and O–H groups in total. The van der Waals surface area contributed by atoms with E-state index >= 15 is 0 Å². The summed E-state index contributed by atoms with van der Waals surface area (Å²) in [5, 5.41) is 2.77. The molecule has 118 valence electrons. The van der Waals surface area contributed by atoms with Gasteiger partial charge in [0, 0.05) is 30.5 Å². The number of carbonyl (C=O) groups excluding carboxylic acids is 2. The molecule has 23 heavy (non-hydrogen) atoms. The summed E-state index contributed by atoms with van der Waals surface area (Å²) in [5.74, 6) is 0.237. The van der Waals surface area contributed by atoms with Gasteiger partial charge in [-0.25, -0.2) is 9.97 Å². The van der Waals surface area contributed by atoms with Crippen LogP contribution in [-0.2, 0) is 0 Å². The molecule has 3 rings (SSSR count). The molecule has 6 nitrogen and oxygen atoms in total. The largest absolute Gasteiger partial charge is 0.341 e. The van der Waals surface area contributed by atoms with Gasteiger partial charge in [-0.1, -0.05) is 12.1 Å². The van der Waals surface area contributed by atoms with E-state index in [2.05, 4.69) is 20.2 Å². The van der Waals surface area contributed by atoms with Gasteiger partial charge in [0.15, 0.2) is 5.78 Å². The van der Waals surface area contributed by atoms with Crippen LogP contribution in [0.1, 0.15) is 40.6 Å². The Bertz CT molecular complexity index is 739. The molecule has 1 fully saturated rings. The highest BCUT2D eigenvalue weighted by Gasteiger charge is 2.17. The molecule has 6 heteroatoms. The fourth-order valence-corrected chi connectivity index (χ4v) is 2.56. The van der Waals surface area contributed by atoms with Crippen molar-refractivity contribution in [3.05, 3.63) is 47.8 Å². The minimum atomic E-state index is -0.312. The van der Waals surface area contributed by atoms with E-state index in [0.29, 0.717) is 22.9 Å². The Morgan fingerprint density at radius 1 is 1.17 bits per heavy atom. The number of nitrogens with zero attached hydrogens (tertiary/aromatic N) is 3. The SMILES string of the molecule is CC(=O)c1cccc(NC(=O)c2ccnc(N3CCCC3)n2)c1. The number of amides is 1. The molecule has 0 aliphatic carbocycles. The smallest absolute Gasteiger partial charge is 0.274 e. The number of aromatic nitrogens is 2. The standard InChI is InChI=1S/C17H18N4O2/c1-12(22)13-5-4-6-14(11-13)19-16(23)15-7-8-18-17(20-15)21-9-2-3-10-21/h4-8,11H,2-3,9-10H2,1H3,(H,19,23). The van der Waals surface area contributed by atoms with E-state index < -0.39 is 0 Å². The molecule has 0 unspecified atom stereocenters. The van der Waals surface area contributed by atoms with Gasteiger partial charge in [-0.3, -0.25) is 9.59 Å². The third-order valence-electron chi connectivity index (χ3n) is 3.79. The van der Waals surface area contributed by atoms with Crippen LogP contribution in [0.4, 0.5) is 11.6 Å². The number of Topliss-reactive ketones (excluding diaryl/α,β-unsaturated/α-hetero) is 1. The van der Waals surface area contributed by atoms with Crippen LogP contribution >= 0.6 is 0 Å². The average Bonchev–Trinajstić information content (AvgIpc) is 3.10. The van der Waals surface area contributed by atoms with Crippen molar-refractivity contribution in [2.45, 2.75) is 19.8 Å². The summed E-state index contributed by atoms with van der Waals surface area (Å²) in [7, 11) is 0. The Hall–Kier alpha value is -2.76. The van der Waals surface area contributed by atoms with Crippen molar-refractivity contribution in [1.29, 1.82) is 0 Å². The highest BCUT2D eigenvalue weighted by Crippen LogP contribution is 2.16. The minimum Gasteiger partial charge on any atom is -0.341 e. The summed E-state index contributed by atoms with van der Waals surface area (Å²) in [4.78, 5) is 34.4. The fourth-order valence-electron chi connectivity index (χ4n) is 2.56. The molecule has 1 aromatic carbocycles. The molecule has 0 spiro atoms. The van der Waals surface area contributed by atoms with Gasteiger partial charge in [-0.15, -0.1) is 0 Å². The second kappa shape index (κ2) is 6.56. The molecule has 0 bridgehead atoms. The predicted octanol–water partition coefficient (Wildman–Crippen LogP) is 2.53. The van der Waals surface area contributed by atoms with Crippen LogP contribution in [-0.4, -0.2) is 34.7 Å². The maximum absolute atomic E-state index is 12.4. The minimum absolute atomic E-state index is 0.0422. The number of carbonyl (C=O) groups is 2. The first-order valence-corrected chi connectivity index (χ1v) is 7.64. The molecule has 2 aromatic rings. The molecular weight excluding hydrogens is 292 g/mol.